The minimum absolute atomic E-state index is 0.103. The summed E-state index contributed by atoms with van der Waals surface area (Å²) in [5.74, 6) is 0.525. The van der Waals surface area contributed by atoms with Gasteiger partial charge in [0.1, 0.15) is 5.75 Å². The van der Waals surface area contributed by atoms with E-state index in [1.54, 1.807) is 6.08 Å². The second-order valence-corrected chi connectivity index (χ2v) is 8.13. The molecule has 146 valence electrons. The third-order valence-corrected chi connectivity index (χ3v) is 5.54. The smallest absolute Gasteiger partial charge is 0.293 e. The Morgan fingerprint density at radius 2 is 1.69 bits per heavy atom. The molecule has 2 amide bonds. The van der Waals surface area contributed by atoms with Gasteiger partial charge in [-0.1, -0.05) is 54.6 Å². The van der Waals surface area contributed by atoms with Gasteiger partial charge < -0.3 is 4.74 Å². The molecule has 0 aliphatic carbocycles. The van der Waals surface area contributed by atoms with Crippen LogP contribution in [0, 0.1) is 0 Å². The molecule has 0 bridgehead atoms. The molecule has 1 saturated heterocycles. The summed E-state index contributed by atoms with van der Waals surface area (Å²) >= 11 is 0.983. The van der Waals surface area contributed by atoms with E-state index >= 15 is 0 Å². The van der Waals surface area contributed by atoms with E-state index in [4.69, 9.17) is 4.74 Å². The van der Waals surface area contributed by atoms with Crippen LogP contribution in [0.5, 0.6) is 5.75 Å². The first-order valence-electron chi connectivity index (χ1n) is 9.50. The van der Waals surface area contributed by atoms with Crippen LogP contribution in [-0.4, -0.2) is 22.2 Å². The van der Waals surface area contributed by atoms with Gasteiger partial charge in [0.2, 0.25) is 0 Å². The van der Waals surface area contributed by atoms with Gasteiger partial charge in [-0.15, -0.1) is 0 Å². The average Bonchev–Trinajstić information content (AvgIpc) is 2.97. The number of hydrogen-bond acceptors (Lipinski definition) is 4. The quantitative estimate of drug-likeness (QED) is 0.500. The largest absolute Gasteiger partial charge is 0.491 e. The number of rotatable bonds is 5. The van der Waals surface area contributed by atoms with E-state index < -0.39 is 0 Å². The Morgan fingerprint density at radius 3 is 2.45 bits per heavy atom. The standard InChI is InChI=1S/C24H21NO3S/c1-16(2)28-20-12-10-17(11-13-20)14-22-23(26)25(24(27)29-22)15-19-8-5-7-18-6-3-4-9-21(18)19/h3-14,16H,15H2,1-2H3/b22-14+. The van der Waals surface area contributed by atoms with Gasteiger partial charge in [-0.2, -0.15) is 0 Å². The molecule has 1 heterocycles. The number of fused-ring (bicyclic) bond motifs is 1. The van der Waals surface area contributed by atoms with Crippen molar-refractivity contribution < 1.29 is 14.3 Å². The molecule has 4 nitrogen and oxygen atoms in total. The van der Waals surface area contributed by atoms with Crippen molar-refractivity contribution >= 4 is 39.8 Å². The first-order valence-corrected chi connectivity index (χ1v) is 10.3. The first kappa shape index (κ1) is 19.3. The lowest BCUT2D eigenvalue weighted by atomic mass is 10.0. The number of benzene rings is 3. The predicted octanol–water partition coefficient (Wildman–Crippen LogP) is 5.86. The van der Waals surface area contributed by atoms with Gasteiger partial charge >= 0.3 is 0 Å². The summed E-state index contributed by atoms with van der Waals surface area (Å²) in [5.41, 5.74) is 1.82. The summed E-state index contributed by atoms with van der Waals surface area (Å²) in [7, 11) is 0. The maximum absolute atomic E-state index is 12.9. The number of amides is 2. The Bertz CT molecular complexity index is 1100. The Kier molecular flexibility index (Phi) is 5.41. The van der Waals surface area contributed by atoms with Crippen molar-refractivity contribution in [3.05, 3.63) is 82.8 Å². The van der Waals surface area contributed by atoms with Crippen molar-refractivity contribution in [2.24, 2.45) is 0 Å². The summed E-state index contributed by atoms with van der Waals surface area (Å²) in [4.78, 5) is 27.1. The van der Waals surface area contributed by atoms with Gasteiger partial charge in [0, 0.05) is 0 Å². The lowest BCUT2D eigenvalue weighted by Crippen LogP contribution is -2.27. The van der Waals surface area contributed by atoms with E-state index in [9.17, 15) is 9.59 Å². The number of thioether (sulfide) groups is 1. The molecular weight excluding hydrogens is 382 g/mol. The molecule has 5 heteroatoms. The molecule has 29 heavy (non-hydrogen) atoms. The van der Waals surface area contributed by atoms with Crippen molar-refractivity contribution in [3.8, 4) is 5.75 Å². The summed E-state index contributed by atoms with van der Waals surface area (Å²) in [6.45, 7) is 4.21. The monoisotopic (exact) mass is 403 g/mol. The Labute approximate surface area is 174 Å². The molecule has 1 aliphatic rings. The second-order valence-electron chi connectivity index (χ2n) is 7.14. The summed E-state index contributed by atoms with van der Waals surface area (Å²) in [5, 5.41) is 1.91. The van der Waals surface area contributed by atoms with Crippen molar-refractivity contribution in [1.29, 1.82) is 0 Å². The van der Waals surface area contributed by atoms with Crippen LogP contribution in [0.15, 0.2) is 71.6 Å². The third-order valence-electron chi connectivity index (χ3n) is 4.63. The maximum Gasteiger partial charge on any atom is 0.293 e. The van der Waals surface area contributed by atoms with Gasteiger partial charge in [0.15, 0.2) is 0 Å². The molecule has 0 radical (unpaired) electrons. The molecule has 1 fully saturated rings. The highest BCUT2D eigenvalue weighted by Crippen LogP contribution is 2.34. The minimum Gasteiger partial charge on any atom is -0.491 e. The molecule has 3 aromatic carbocycles. The van der Waals surface area contributed by atoms with Crippen LogP contribution >= 0.6 is 11.8 Å². The van der Waals surface area contributed by atoms with E-state index in [-0.39, 0.29) is 23.8 Å². The highest BCUT2D eigenvalue weighted by molar-refractivity contribution is 8.18. The van der Waals surface area contributed by atoms with Crippen LogP contribution in [0.1, 0.15) is 25.0 Å². The molecule has 3 aromatic rings. The Morgan fingerprint density at radius 1 is 0.966 bits per heavy atom. The maximum atomic E-state index is 12.9. The zero-order valence-corrected chi connectivity index (χ0v) is 17.1. The lowest BCUT2D eigenvalue weighted by molar-refractivity contribution is -0.123. The molecule has 0 unspecified atom stereocenters. The van der Waals surface area contributed by atoms with Gasteiger partial charge in [-0.3, -0.25) is 14.5 Å². The number of carbonyl (C=O) groups excluding carboxylic acids is 2. The number of ether oxygens (including phenoxy) is 1. The van der Waals surface area contributed by atoms with Crippen molar-refractivity contribution in [1.82, 2.24) is 4.90 Å². The highest BCUT2D eigenvalue weighted by Gasteiger charge is 2.35. The zero-order chi connectivity index (χ0) is 20.4. The SMILES string of the molecule is CC(C)Oc1ccc(/C=C2/SC(=O)N(Cc3cccc4ccccc34)C2=O)cc1. The minimum atomic E-state index is -0.254. The summed E-state index contributed by atoms with van der Waals surface area (Å²) in [6, 6.07) is 21.4. The van der Waals surface area contributed by atoms with Crippen molar-refractivity contribution in [2.45, 2.75) is 26.5 Å². The van der Waals surface area contributed by atoms with Crippen LogP contribution in [-0.2, 0) is 11.3 Å². The lowest BCUT2D eigenvalue weighted by Gasteiger charge is -2.14. The van der Waals surface area contributed by atoms with Crippen LogP contribution < -0.4 is 4.74 Å². The van der Waals surface area contributed by atoms with Crippen molar-refractivity contribution in [2.75, 3.05) is 0 Å². The van der Waals surface area contributed by atoms with Crippen LogP contribution in [0.25, 0.3) is 16.8 Å². The van der Waals surface area contributed by atoms with E-state index in [2.05, 4.69) is 0 Å². The van der Waals surface area contributed by atoms with Gasteiger partial charge in [0.05, 0.1) is 17.6 Å². The van der Waals surface area contributed by atoms with Gasteiger partial charge in [-0.05, 0) is 65.7 Å². The molecule has 0 N–H and O–H groups in total. The fraction of sp³-hybridized carbons (Fsp3) is 0.167. The zero-order valence-electron chi connectivity index (χ0n) is 16.3. The first-order chi connectivity index (χ1) is 14.0. The van der Waals surface area contributed by atoms with Gasteiger partial charge in [0.25, 0.3) is 11.1 Å². The summed E-state index contributed by atoms with van der Waals surface area (Å²) in [6.07, 6.45) is 1.86. The van der Waals surface area contributed by atoms with E-state index in [0.717, 1.165) is 39.4 Å². The fourth-order valence-electron chi connectivity index (χ4n) is 3.30. The molecular formula is C24H21NO3S. The molecule has 0 aromatic heterocycles. The average molecular weight is 404 g/mol. The molecule has 0 atom stereocenters. The Hall–Kier alpha value is -3.05. The topological polar surface area (TPSA) is 46.6 Å². The number of hydrogen-bond donors (Lipinski definition) is 0. The van der Waals surface area contributed by atoms with E-state index in [1.165, 1.54) is 4.90 Å². The van der Waals surface area contributed by atoms with Crippen molar-refractivity contribution in [3.63, 3.8) is 0 Å². The van der Waals surface area contributed by atoms with Crippen LogP contribution in [0.2, 0.25) is 0 Å². The fourth-order valence-corrected chi connectivity index (χ4v) is 4.14. The predicted molar refractivity (Wildman–Crippen MR) is 118 cm³/mol. The molecule has 0 saturated carbocycles. The molecule has 1 aliphatic heterocycles. The van der Waals surface area contributed by atoms with Gasteiger partial charge in [-0.25, -0.2) is 0 Å². The van der Waals surface area contributed by atoms with E-state index in [0.29, 0.717) is 4.91 Å². The normalized spacial score (nSPS) is 15.7. The number of imide groups is 1. The number of carbonyl (C=O) groups is 2. The summed E-state index contributed by atoms with van der Waals surface area (Å²) < 4.78 is 5.64. The van der Waals surface area contributed by atoms with Crippen LogP contribution in [0.3, 0.4) is 0 Å². The Balaban J connectivity index is 1.55. The molecule has 4 rings (SSSR count). The third kappa shape index (κ3) is 4.20. The molecule has 0 spiro atoms. The number of nitrogens with zero attached hydrogens (tertiary/aromatic N) is 1. The van der Waals surface area contributed by atoms with E-state index in [1.807, 2.05) is 80.6 Å². The second kappa shape index (κ2) is 8.13. The highest BCUT2D eigenvalue weighted by atomic mass is 32.2. The van der Waals surface area contributed by atoms with Crippen LogP contribution in [0.4, 0.5) is 4.79 Å².